The first-order chi connectivity index (χ1) is 11.9. The van der Waals surface area contributed by atoms with E-state index >= 15 is 0 Å². The number of hydrogen-bond acceptors (Lipinski definition) is 5. The Morgan fingerprint density at radius 3 is 2.52 bits per heavy atom. The molecule has 0 fully saturated rings. The number of rotatable bonds is 6. The van der Waals surface area contributed by atoms with Crippen molar-refractivity contribution >= 4 is 23.1 Å². The smallest absolute Gasteiger partial charge is 0.276 e. The molecule has 0 unspecified atom stereocenters. The lowest BCUT2D eigenvalue weighted by atomic mass is 10.1. The van der Waals surface area contributed by atoms with E-state index < -0.39 is 22.3 Å². The van der Waals surface area contributed by atoms with Crippen LogP contribution in [0.25, 0.3) is 0 Å². The van der Waals surface area contributed by atoms with Gasteiger partial charge >= 0.3 is 0 Å². The zero-order chi connectivity index (χ0) is 18.6. The Morgan fingerprint density at radius 1 is 1.32 bits per heavy atom. The number of benzene rings is 1. The summed E-state index contributed by atoms with van der Waals surface area (Å²) >= 11 is 0. The lowest BCUT2D eigenvalue weighted by Gasteiger charge is -2.19. The summed E-state index contributed by atoms with van der Waals surface area (Å²) in [4.78, 5) is 28.8. The van der Waals surface area contributed by atoms with Crippen LogP contribution in [0, 0.1) is 22.9 Å². The number of nitrogens with zero attached hydrogens (tertiary/aromatic N) is 3. The number of nitro groups is 1. The summed E-state index contributed by atoms with van der Waals surface area (Å²) in [6.07, 6.45) is 1.49. The summed E-state index contributed by atoms with van der Waals surface area (Å²) in [7, 11) is 0. The molecule has 1 amide bonds. The molecule has 2 rings (SSSR count). The SMILES string of the molecule is CCN(CC)c1ccc(NC(=O)c2cc(F)c(C)c([N+](=O)[O-])c2)cn1. The predicted molar refractivity (Wildman–Crippen MR) is 93.5 cm³/mol. The van der Waals surface area contributed by atoms with Crippen LogP contribution in [-0.2, 0) is 0 Å². The second kappa shape index (κ2) is 7.69. The van der Waals surface area contributed by atoms with Crippen molar-refractivity contribution < 1.29 is 14.1 Å². The summed E-state index contributed by atoms with van der Waals surface area (Å²) < 4.78 is 13.8. The minimum atomic E-state index is -0.797. The molecule has 132 valence electrons. The highest BCUT2D eigenvalue weighted by molar-refractivity contribution is 6.04. The molecule has 1 N–H and O–H groups in total. The zero-order valence-corrected chi connectivity index (χ0v) is 14.2. The molecule has 0 saturated carbocycles. The number of carbonyl (C=O) groups is 1. The Bertz CT molecular complexity index is 789. The standard InChI is InChI=1S/C17H19FN4O3/c1-4-21(5-2)16-7-6-13(10-19-16)20-17(23)12-8-14(18)11(3)15(9-12)22(24)25/h6-10H,4-5H2,1-3H3,(H,20,23). The van der Waals surface area contributed by atoms with Gasteiger partial charge in [0, 0.05) is 24.7 Å². The Balaban J connectivity index is 2.21. The van der Waals surface area contributed by atoms with Gasteiger partial charge in [-0.2, -0.15) is 0 Å². The molecular formula is C17H19FN4O3. The Kier molecular flexibility index (Phi) is 5.63. The number of carbonyl (C=O) groups excluding carboxylic acids is 1. The second-order valence-corrected chi connectivity index (χ2v) is 5.39. The Morgan fingerprint density at radius 2 is 2.00 bits per heavy atom. The number of nitrogens with one attached hydrogen (secondary N) is 1. The van der Waals surface area contributed by atoms with Gasteiger partial charge in [-0.15, -0.1) is 0 Å². The number of aromatic nitrogens is 1. The first-order valence-electron chi connectivity index (χ1n) is 7.84. The van der Waals surface area contributed by atoms with Crippen molar-refractivity contribution in [2.45, 2.75) is 20.8 Å². The molecule has 0 aliphatic heterocycles. The number of halogens is 1. The van der Waals surface area contributed by atoms with Crippen LogP contribution < -0.4 is 10.2 Å². The summed E-state index contributed by atoms with van der Waals surface area (Å²) in [5.41, 5.74) is -0.237. The van der Waals surface area contributed by atoms with E-state index in [1.54, 1.807) is 12.1 Å². The molecule has 0 aliphatic carbocycles. The fourth-order valence-electron chi connectivity index (χ4n) is 2.38. The summed E-state index contributed by atoms with van der Waals surface area (Å²) in [5.74, 6) is -0.659. The third-order valence-corrected chi connectivity index (χ3v) is 3.87. The van der Waals surface area contributed by atoms with Crippen LogP contribution >= 0.6 is 0 Å². The molecule has 8 heteroatoms. The van der Waals surface area contributed by atoms with E-state index in [-0.39, 0.29) is 11.1 Å². The minimum absolute atomic E-state index is 0.105. The van der Waals surface area contributed by atoms with Gasteiger partial charge in [-0.3, -0.25) is 14.9 Å². The molecule has 1 heterocycles. The van der Waals surface area contributed by atoms with E-state index in [9.17, 15) is 19.3 Å². The van der Waals surface area contributed by atoms with Crippen molar-refractivity contribution in [2.75, 3.05) is 23.3 Å². The monoisotopic (exact) mass is 346 g/mol. The highest BCUT2D eigenvalue weighted by Gasteiger charge is 2.19. The van der Waals surface area contributed by atoms with E-state index in [1.165, 1.54) is 13.1 Å². The third-order valence-electron chi connectivity index (χ3n) is 3.87. The van der Waals surface area contributed by atoms with Gasteiger partial charge in [0.15, 0.2) is 0 Å². The number of hydrogen-bond donors (Lipinski definition) is 1. The van der Waals surface area contributed by atoms with Crippen molar-refractivity contribution in [3.05, 3.63) is 57.5 Å². The lowest BCUT2D eigenvalue weighted by molar-refractivity contribution is -0.385. The third kappa shape index (κ3) is 4.09. The molecular weight excluding hydrogens is 327 g/mol. The molecule has 0 atom stereocenters. The second-order valence-electron chi connectivity index (χ2n) is 5.39. The molecule has 25 heavy (non-hydrogen) atoms. The van der Waals surface area contributed by atoms with E-state index in [0.29, 0.717) is 5.69 Å². The van der Waals surface area contributed by atoms with E-state index in [2.05, 4.69) is 10.3 Å². The highest BCUT2D eigenvalue weighted by Crippen LogP contribution is 2.23. The first kappa shape index (κ1) is 18.3. The summed E-state index contributed by atoms with van der Waals surface area (Å²) in [6, 6.07) is 5.49. The van der Waals surface area contributed by atoms with Gasteiger partial charge in [-0.05, 0) is 39.0 Å². The summed E-state index contributed by atoms with van der Waals surface area (Å²) in [5, 5.41) is 13.5. The number of amides is 1. The van der Waals surface area contributed by atoms with Crippen LogP contribution in [0.3, 0.4) is 0 Å². The van der Waals surface area contributed by atoms with Crippen LogP contribution in [0.2, 0.25) is 0 Å². The maximum Gasteiger partial charge on any atom is 0.276 e. The van der Waals surface area contributed by atoms with Crippen LogP contribution in [-0.4, -0.2) is 28.9 Å². The Hall–Kier alpha value is -3.03. The highest BCUT2D eigenvalue weighted by atomic mass is 19.1. The van der Waals surface area contributed by atoms with Crippen molar-refractivity contribution in [1.29, 1.82) is 0 Å². The van der Waals surface area contributed by atoms with Crippen LogP contribution in [0.1, 0.15) is 29.8 Å². The van der Waals surface area contributed by atoms with Gasteiger partial charge in [0.25, 0.3) is 11.6 Å². The summed E-state index contributed by atoms with van der Waals surface area (Å²) in [6.45, 7) is 6.94. The van der Waals surface area contributed by atoms with Crippen molar-refractivity contribution in [3.63, 3.8) is 0 Å². The number of anilines is 2. The van der Waals surface area contributed by atoms with E-state index in [0.717, 1.165) is 31.0 Å². The predicted octanol–water partition coefficient (Wildman–Crippen LogP) is 3.54. The molecule has 2 aromatic rings. The minimum Gasteiger partial charge on any atom is -0.357 e. The van der Waals surface area contributed by atoms with Gasteiger partial charge < -0.3 is 10.2 Å². The normalized spacial score (nSPS) is 10.4. The first-order valence-corrected chi connectivity index (χ1v) is 7.84. The van der Waals surface area contributed by atoms with Crippen molar-refractivity contribution in [3.8, 4) is 0 Å². The van der Waals surface area contributed by atoms with Crippen LogP contribution in [0.4, 0.5) is 21.6 Å². The molecule has 0 aliphatic rings. The molecule has 1 aromatic carbocycles. The molecule has 0 radical (unpaired) electrons. The molecule has 0 spiro atoms. The zero-order valence-electron chi connectivity index (χ0n) is 14.2. The molecule has 7 nitrogen and oxygen atoms in total. The quantitative estimate of drug-likeness (QED) is 0.638. The fraction of sp³-hybridized carbons (Fsp3) is 0.294. The number of nitro benzene ring substituents is 1. The van der Waals surface area contributed by atoms with Gasteiger partial charge in [0.2, 0.25) is 0 Å². The van der Waals surface area contributed by atoms with Gasteiger partial charge in [-0.25, -0.2) is 9.37 Å². The molecule has 0 saturated heterocycles. The van der Waals surface area contributed by atoms with Gasteiger partial charge in [-0.1, -0.05) is 0 Å². The van der Waals surface area contributed by atoms with Gasteiger partial charge in [0.1, 0.15) is 11.6 Å². The molecule has 1 aromatic heterocycles. The van der Waals surface area contributed by atoms with E-state index in [1.807, 2.05) is 18.7 Å². The van der Waals surface area contributed by atoms with Crippen molar-refractivity contribution in [2.24, 2.45) is 0 Å². The van der Waals surface area contributed by atoms with Crippen LogP contribution in [0.5, 0.6) is 0 Å². The number of pyridine rings is 1. The van der Waals surface area contributed by atoms with E-state index in [4.69, 9.17) is 0 Å². The van der Waals surface area contributed by atoms with Crippen LogP contribution in [0.15, 0.2) is 30.5 Å². The molecule has 0 bridgehead atoms. The Labute approximate surface area is 144 Å². The topological polar surface area (TPSA) is 88.4 Å². The van der Waals surface area contributed by atoms with Crippen molar-refractivity contribution in [1.82, 2.24) is 4.98 Å². The average molecular weight is 346 g/mol. The average Bonchev–Trinajstić information content (AvgIpc) is 2.59. The lowest BCUT2D eigenvalue weighted by Crippen LogP contribution is -2.22. The largest absolute Gasteiger partial charge is 0.357 e. The maximum absolute atomic E-state index is 13.8. The fourth-order valence-corrected chi connectivity index (χ4v) is 2.38. The van der Waals surface area contributed by atoms with Gasteiger partial charge in [0.05, 0.1) is 22.4 Å². The maximum atomic E-state index is 13.8.